The highest BCUT2D eigenvalue weighted by Gasteiger charge is 2.22. The SMILES string of the molecule is CC(C)NCC1COCCN1CCn1cccn1. The standard InChI is InChI=1S/C13H24N4O/c1-12(2)14-10-13-11-18-9-8-16(13)6-7-17-5-3-4-15-17/h3-5,12-14H,6-11H2,1-2H3. The molecule has 0 amide bonds. The predicted octanol–water partition coefficient (Wildman–Crippen LogP) is 0.582. The van der Waals surface area contributed by atoms with Crippen LogP contribution in [0.5, 0.6) is 0 Å². The van der Waals surface area contributed by atoms with Crippen molar-refractivity contribution >= 4 is 0 Å². The van der Waals surface area contributed by atoms with E-state index >= 15 is 0 Å². The van der Waals surface area contributed by atoms with Crippen molar-refractivity contribution in [3.8, 4) is 0 Å². The molecule has 1 unspecified atom stereocenters. The molecular formula is C13H24N4O. The summed E-state index contributed by atoms with van der Waals surface area (Å²) in [4.78, 5) is 2.50. The van der Waals surface area contributed by atoms with Crippen molar-refractivity contribution in [2.45, 2.75) is 32.5 Å². The Bertz CT molecular complexity index is 326. The second-order valence-electron chi connectivity index (χ2n) is 5.10. The van der Waals surface area contributed by atoms with Gasteiger partial charge in [-0.05, 0) is 6.07 Å². The molecule has 5 nitrogen and oxygen atoms in total. The van der Waals surface area contributed by atoms with E-state index in [0.717, 1.165) is 39.4 Å². The highest BCUT2D eigenvalue weighted by atomic mass is 16.5. The number of morpholine rings is 1. The van der Waals surface area contributed by atoms with E-state index in [4.69, 9.17) is 4.74 Å². The van der Waals surface area contributed by atoms with Gasteiger partial charge in [0.05, 0.1) is 19.8 Å². The van der Waals surface area contributed by atoms with Gasteiger partial charge in [-0.1, -0.05) is 13.8 Å². The summed E-state index contributed by atoms with van der Waals surface area (Å²) in [5.41, 5.74) is 0. The van der Waals surface area contributed by atoms with Crippen molar-refractivity contribution in [3.05, 3.63) is 18.5 Å². The van der Waals surface area contributed by atoms with Gasteiger partial charge in [0.15, 0.2) is 0 Å². The van der Waals surface area contributed by atoms with Gasteiger partial charge in [-0.3, -0.25) is 9.58 Å². The highest BCUT2D eigenvalue weighted by molar-refractivity contribution is 4.81. The number of nitrogens with zero attached hydrogens (tertiary/aromatic N) is 3. The zero-order valence-corrected chi connectivity index (χ0v) is 11.4. The third-order valence-electron chi connectivity index (χ3n) is 3.29. The van der Waals surface area contributed by atoms with Crippen LogP contribution in [-0.2, 0) is 11.3 Å². The van der Waals surface area contributed by atoms with E-state index in [1.165, 1.54) is 0 Å². The zero-order valence-electron chi connectivity index (χ0n) is 11.4. The molecular weight excluding hydrogens is 228 g/mol. The average molecular weight is 252 g/mol. The fraction of sp³-hybridized carbons (Fsp3) is 0.769. The van der Waals surface area contributed by atoms with E-state index in [1.54, 1.807) is 0 Å². The molecule has 0 saturated carbocycles. The molecule has 1 aliphatic heterocycles. The minimum atomic E-state index is 0.483. The molecule has 0 bridgehead atoms. The minimum Gasteiger partial charge on any atom is -0.378 e. The van der Waals surface area contributed by atoms with Gasteiger partial charge in [0.2, 0.25) is 0 Å². The fourth-order valence-corrected chi connectivity index (χ4v) is 2.21. The zero-order chi connectivity index (χ0) is 12.8. The van der Waals surface area contributed by atoms with Crippen LogP contribution in [0, 0.1) is 0 Å². The molecule has 102 valence electrons. The fourth-order valence-electron chi connectivity index (χ4n) is 2.21. The molecule has 0 spiro atoms. The normalized spacial score (nSPS) is 21.6. The Kier molecular flexibility index (Phi) is 5.16. The molecule has 2 heterocycles. The molecule has 1 atom stereocenters. The van der Waals surface area contributed by atoms with Gasteiger partial charge in [-0.2, -0.15) is 5.10 Å². The van der Waals surface area contributed by atoms with Crippen LogP contribution in [0.25, 0.3) is 0 Å². The molecule has 1 N–H and O–H groups in total. The first-order valence-electron chi connectivity index (χ1n) is 6.78. The van der Waals surface area contributed by atoms with Crippen LogP contribution in [0.4, 0.5) is 0 Å². The van der Waals surface area contributed by atoms with Crippen LogP contribution in [0.3, 0.4) is 0 Å². The molecule has 5 heteroatoms. The van der Waals surface area contributed by atoms with Crippen molar-refractivity contribution < 1.29 is 4.74 Å². The van der Waals surface area contributed by atoms with Crippen molar-refractivity contribution in [1.82, 2.24) is 20.0 Å². The number of hydrogen-bond donors (Lipinski definition) is 1. The topological polar surface area (TPSA) is 42.3 Å². The molecule has 1 fully saturated rings. The lowest BCUT2D eigenvalue weighted by molar-refractivity contribution is -0.00905. The summed E-state index contributed by atoms with van der Waals surface area (Å²) in [6, 6.07) is 2.98. The summed E-state index contributed by atoms with van der Waals surface area (Å²) in [6.07, 6.45) is 3.85. The quantitative estimate of drug-likeness (QED) is 0.804. The van der Waals surface area contributed by atoms with E-state index in [1.807, 2.05) is 23.1 Å². The Hall–Kier alpha value is -0.910. The maximum atomic E-state index is 5.58. The summed E-state index contributed by atoms with van der Waals surface area (Å²) >= 11 is 0. The lowest BCUT2D eigenvalue weighted by Gasteiger charge is -2.36. The van der Waals surface area contributed by atoms with Gasteiger partial charge in [-0.25, -0.2) is 0 Å². The lowest BCUT2D eigenvalue weighted by atomic mass is 10.2. The molecule has 1 aliphatic rings. The molecule has 1 aromatic heterocycles. The van der Waals surface area contributed by atoms with Gasteiger partial charge < -0.3 is 10.1 Å². The molecule has 18 heavy (non-hydrogen) atoms. The average Bonchev–Trinajstić information content (AvgIpc) is 2.88. The lowest BCUT2D eigenvalue weighted by Crippen LogP contribution is -2.52. The first-order chi connectivity index (χ1) is 8.75. The molecule has 0 radical (unpaired) electrons. The van der Waals surface area contributed by atoms with Crippen molar-refractivity contribution in [2.75, 3.05) is 32.8 Å². The van der Waals surface area contributed by atoms with E-state index in [-0.39, 0.29) is 0 Å². The first-order valence-corrected chi connectivity index (χ1v) is 6.78. The Morgan fingerprint density at radius 3 is 3.06 bits per heavy atom. The summed E-state index contributed by atoms with van der Waals surface area (Å²) in [5.74, 6) is 0. The van der Waals surface area contributed by atoms with Gasteiger partial charge in [0.1, 0.15) is 0 Å². The van der Waals surface area contributed by atoms with Gasteiger partial charge in [-0.15, -0.1) is 0 Å². The number of rotatable bonds is 6. The molecule has 1 aromatic rings. The van der Waals surface area contributed by atoms with Crippen LogP contribution < -0.4 is 5.32 Å². The largest absolute Gasteiger partial charge is 0.378 e. The summed E-state index contributed by atoms with van der Waals surface area (Å²) in [7, 11) is 0. The highest BCUT2D eigenvalue weighted by Crippen LogP contribution is 2.06. The van der Waals surface area contributed by atoms with Gasteiger partial charge >= 0.3 is 0 Å². The van der Waals surface area contributed by atoms with Crippen molar-refractivity contribution in [1.29, 1.82) is 0 Å². The predicted molar refractivity (Wildman–Crippen MR) is 71.5 cm³/mol. The monoisotopic (exact) mass is 252 g/mol. The maximum Gasteiger partial charge on any atom is 0.0634 e. The third-order valence-corrected chi connectivity index (χ3v) is 3.29. The van der Waals surface area contributed by atoms with E-state index in [2.05, 4.69) is 29.2 Å². The molecule has 1 saturated heterocycles. The second-order valence-corrected chi connectivity index (χ2v) is 5.10. The van der Waals surface area contributed by atoms with Crippen LogP contribution in [0.2, 0.25) is 0 Å². The van der Waals surface area contributed by atoms with E-state index in [0.29, 0.717) is 12.1 Å². The number of aromatic nitrogens is 2. The summed E-state index contributed by atoms with van der Waals surface area (Å²) in [5, 5.41) is 7.74. The maximum absolute atomic E-state index is 5.58. The second kappa shape index (κ2) is 6.87. The van der Waals surface area contributed by atoms with E-state index in [9.17, 15) is 0 Å². The van der Waals surface area contributed by atoms with Gasteiger partial charge in [0, 0.05) is 44.1 Å². The van der Waals surface area contributed by atoms with Crippen LogP contribution in [-0.4, -0.2) is 59.6 Å². The Balaban J connectivity index is 1.79. The Morgan fingerprint density at radius 1 is 1.44 bits per heavy atom. The summed E-state index contributed by atoms with van der Waals surface area (Å²) in [6.45, 7) is 10.0. The van der Waals surface area contributed by atoms with Crippen molar-refractivity contribution in [2.24, 2.45) is 0 Å². The Labute approximate surface area is 109 Å². The smallest absolute Gasteiger partial charge is 0.0634 e. The third kappa shape index (κ3) is 4.08. The summed E-state index contributed by atoms with van der Waals surface area (Å²) < 4.78 is 7.57. The van der Waals surface area contributed by atoms with Crippen LogP contribution in [0.15, 0.2) is 18.5 Å². The van der Waals surface area contributed by atoms with Crippen LogP contribution >= 0.6 is 0 Å². The number of hydrogen-bond acceptors (Lipinski definition) is 4. The van der Waals surface area contributed by atoms with E-state index < -0.39 is 0 Å². The van der Waals surface area contributed by atoms with Crippen LogP contribution in [0.1, 0.15) is 13.8 Å². The minimum absolute atomic E-state index is 0.483. The molecule has 0 aromatic carbocycles. The number of nitrogens with one attached hydrogen (secondary N) is 1. The van der Waals surface area contributed by atoms with Gasteiger partial charge in [0.25, 0.3) is 0 Å². The number of ether oxygens (including phenoxy) is 1. The Morgan fingerprint density at radius 2 is 2.33 bits per heavy atom. The molecule has 2 rings (SSSR count). The molecule has 0 aliphatic carbocycles. The first kappa shape index (κ1) is 13.5. The van der Waals surface area contributed by atoms with Crippen molar-refractivity contribution in [3.63, 3.8) is 0 Å².